The molecule has 1 aromatic rings. The van der Waals surface area contributed by atoms with Crippen LogP contribution in [0.2, 0.25) is 0 Å². The van der Waals surface area contributed by atoms with Crippen molar-refractivity contribution in [1.29, 1.82) is 5.26 Å². The number of hydrogen-bond donors (Lipinski definition) is 1. The van der Waals surface area contributed by atoms with E-state index in [0.29, 0.717) is 23.1 Å². The largest absolute Gasteiger partial charge is 0.482 e. The number of para-hydroxylation sites is 1. The monoisotopic (exact) mass is 290 g/mol. The fourth-order valence-electron chi connectivity index (χ4n) is 2.08. The second-order valence-corrected chi connectivity index (χ2v) is 6.10. The normalized spacial score (nSPS) is 18.1. The zero-order chi connectivity index (χ0) is 14.2. The first-order valence-corrected chi connectivity index (χ1v) is 7.84. The van der Waals surface area contributed by atoms with Gasteiger partial charge in [0.25, 0.3) is 5.91 Å². The van der Waals surface area contributed by atoms with Crippen LogP contribution in [0.3, 0.4) is 0 Å². The number of nitriles is 1. The highest BCUT2D eigenvalue weighted by Gasteiger charge is 2.15. The van der Waals surface area contributed by atoms with E-state index in [-0.39, 0.29) is 12.5 Å². The van der Waals surface area contributed by atoms with Crippen LogP contribution in [0.25, 0.3) is 0 Å². The third-order valence-electron chi connectivity index (χ3n) is 3.17. The van der Waals surface area contributed by atoms with Crippen LogP contribution in [0.15, 0.2) is 24.3 Å². The van der Waals surface area contributed by atoms with Crippen molar-refractivity contribution in [1.82, 2.24) is 5.32 Å². The summed E-state index contributed by atoms with van der Waals surface area (Å²) in [5, 5.41) is 12.3. The van der Waals surface area contributed by atoms with Crippen molar-refractivity contribution < 1.29 is 9.53 Å². The Bertz CT molecular complexity index is 493. The summed E-state index contributed by atoms with van der Waals surface area (Å²) in [4.78, 5) is 11.7. The van der Waals surface area contributed by atoms with Crippen molar-refractivity contribution in [3.63, 3.8) is 0 Å². The molecule has 1 saturated heterocycles. The average Bonchev–Trinajstić information content (AvgIpc) is 2.52. The van der Waals surface area contributed by atoms with Gasteiger partial charge in [-0.05, 0) is 30.7 Å². The Morgan fingerprint density at radius 3 is 3.05 bits per heavy atom. The number of hydrogen-bond acceptors (Lipinski definition) is 4. The second kappa shape index (κ2) is 7.81. The number of benzene rings is 1. The smallest absolute Gasteiger partial charge is 0.257 e. The molecular weight excluding hydrogens is 272 g/mol. The van der Waals surface area contributed by atoms with Gasteiger partial charge in [-0.1, -0.05) is 18.6 Å². The molecule has 1 heterocycles. The van der Waals surface area contributed by atoms with E-state index in [1.54, 1.807) is 24.3 Å². The number of carbonyl (C=O) groups is 1. The third kappa shape index (κ3) is 4.46. The number of ether oxygens (including phenoxy) is 1. The zero-order valence-corrected chi connectivity index (χ0v) is 12.1. The molecule has 1 atom stereocenters. The molecule has 5 heteroatoms. The van der Waals surface area contributed by atoms with Crippen LogP contribution >= 0.6 is 11.8 Å². The first-order chi connectivity index (χ1) is 9.79. The molecule has 0 aromatic heterocycles. The molecule has 1 unspecified atom stereocenters. The molecule has 1 fully saturated rings. The zero-order valence-electron chi connectivity index (χ0n) is 11.3. The fraction of sp³-hybridized carbons (Fsp3) is 0.467. The van der Waals surface area contributed by atoms with Crippen LogP contribution in [0.5, 0.6) is 5.75 Å². The van der Waals surface area contributed by atoms with E-state index in [1.165, 1.54) is 25.0 Å². The molecule has 0 bridgehead atoms. The highest BCUT2D eigenvalue weighted by molar-refractivity contribution is 7.99. The lowest BCUT2D eigenvalue weighted by Gasteiger charge is -2.21. The van der Waals surface area contributed by atoms with Crippen molar-refractivity contribution in [2.75, 3.05) is 18.9 Å². The number of rotatable bonds is 5. The van der Waals surface area contributed by atoms with Gasteiger partial charge < -0.3 is 10.1 Å². The summed E-state index contributed by atoms with van der Waals surface area (Å²) in [6.45, 7) is 0.656. The van der Waals surface area contributed by atoms with E-state index < -0.39 is 0 Å². The van der Waals surface area contributed by atoms with Crippen LogP contribution in [0.1, 0.15) is 24.8 Å². The van der Waals surface area contributed by atoms with Gasteiger partial charge >= 0.3 is 0 Å². The predicted octanol–water partition coefficient (Wildman–Crippen LogP) is 2.34. The molecule has 20 heavy (non-hydrogen) atoms. The van der Waals surface area contributed by atoms with Crippen LogP contribution in [0.4, 0.5) is 0 Å². The molecule has 0 saturated carbocycles. The van der Waals surface area contributed by atoms with Gasteiger partial charge in [-0.3, -0.25) is 4.79 Å². The summed E-state index contributed by atoms with van der Waals surface area (Å²) in [6, 6.07) is 8.97. The maximum absolute atomic E-state index is 11.7. The Morgan fingerprint density at radius 2 is 2.30 bits per heavy atom. The van der Waals surface area contributed by atoms with Gasteiger partial charge in [0, 0.05) is 11.8 Å². The van der Waals surface area contributed by atoms with Gasteiger partial charge in [-0.15, -0.1) is 0 Å². The van der Waals surface area contributed by atoms with Crippen LogP contribution in [-0.4, -0.2) is 30.1 Å². The standard InChI is InChI=1S/C15H18N2O2S/c16-9-12-5-1-2-7-14(12)19-11-15(18)17-10-13-6-3-4-8-20-13/h1-2,5,7,13H,3-4,6,8,10-11H2,(H,17,18). The lowest BCUT2D eigenvalue weighted by molar-refractivity contribution is -0.123. The van der Waals surface area contributed by atoms with Gasteiger partial charge in [0.2, 0.25) is 0 Å². The van der Waals surface area contributed by atoms with E-state index >= 15 is 0 Å². The van der Waals surface area contributed by atoms with Gasteiger partial charge in [0.1, 0.15) is 11.8 Å². The highest BCUT2D eigenvalue weighted by atomic mass is 32.2. The van der Waals surface area contributed by atoms with Gasteiger partial charge in [0.05, 0.1) is 5.56 Å². The second-order valence-electron chi connectivity index (χ2n) is 4.69. The van der Waals surface area contributed by atoms with Gasteiger partial charge in [0.15, 0.2) is 6.61 Å². The summed E-state index contributed by atoms with van der Waals surface area (Å²) < 4.78 is 5.39. The number of amides is 1. The van der Waals surface area contributed by atoms with E-state index in [1.807, 2.05) is 17.8 Å². The number of carbonyl (C=O) groups excluding carboxylic acids is 1. The number of nitrogens with zero attached hydrogens (tertiary/aromatic N) is 1. The quantitative estimate of drug-likeness (QED) is 0.904. The van der Waals surface area contributed by atoms with Crippen molar-refractivity contribution in [2.45, 2.75) is 24.5 Å². The average molecular weight is 290 g/mol. The Morgan fingerprint density at radius 1 is 1.45 bits per heavy atom. The van der Waals surface area contributed by atoms with E-state index in [4.69, 9.17) is 10.00 Å². The van der Waals surface area contributed by atoms with Crippen LogP contribution < -0.4 is 10.1 Å². The first kappa shape index (κ1) is 14.7. The van der Waals surface area contributed by atoms with E-state index in [2.05, 4.69) is 5.32 Å². The molecule has 1 N–H and O–H groups in total. The van der Waals surface area contributed by atoms with Gasteiger partial charge in [-0.2, -0.15) is 17.0 Å². The minimum atomic E-state index is -0.135. The lowest BCUT2D eigenvalue weighted by Crippen LogP contribution is -2.35. The van der Waals surface area contributed by atoms with Crippen molar-refractivity contribution in [3.05, 3.63) is 29.8 Å². The van der Waals surface area contributed by atoms with E-state index in [0.717, 1.165) is 0 Å². The van der Waals surface area contributed by atoms with E-state index in [9.17, 15) is 4.79 Å². The Labute approximate surface area is 123 Å². The third-order valence-corrected chi connectivity index (χ3v) is 4.57. The highest BCUT2D eigenvalue weighted by Crippen LogP contribution is 2.24. The summed E-state index contributed by atoms with van der Waals surface area (Å²) in [5.74, 6) is 1.51. The van der Waals surface area contributed by atoms with Crippen LogP contribution in [0, 0.1) is 11.3 Å². The SMILES string of the molecule is N#Cc1ccccc1OCC(=O)NCC1CCCCS1. The molecule has 1 amide bonds. The molecule has 106 valence electrons. The molecule has 1 aliphatic rings. The maximum Gasteiger partial charge on any atom is 0.257 e. The maximum atomic E-state index is 11.7. The molecular formula is C15H18N2O2S. The molecule has 4 nitrogen and oxygen atoms in total. The molecule has 0 radical (unpaired) electrons. The summed E-state index contributed by atoms with van der Waals surface area (Å²) >= 11 is 1.93. The summed E-state index contributed by atoms with van der Waals surface area (Å²) in [7, 11) is 0. The molecule has 0 aliphatic carbocycles. The molecule has 0 spiro atoms. The summed E-state index contributed by atoms with van der Waals surface area (Å²) in [5.41, 5.74) is 0.447. The molecule has 1 aliphatic heterocycles. The Hall–Kier alpha value is -1.67. The summed E-state index contributed by atoms with van der Waals surface area (Å²) in [6.07, 6.45) is 3.70. The topological polar surface area (TPSA) is 62.1 Å². The number of thioether (sulfide) groups is 1. The Balaban J connectivity index is 1.73. The van der Waals surface area contributed by atoms with Crippen LogP contribution in [-0.2, 0) is 4.79 Å². The Kier molecular flexibility index (Phi) is 5.75. The first-order valence-electron chi connectivity index (χ1n) is 6.80. The predicted molar refractivity (Wildman–Crippen MR) is 79.8 cm³/mol. The molecule has 1 aromatic carbocycles. The minimum Gasteiger partial charge on any atom is -0.482 e. The fourth-order valence-corrected chi connectivity index (χ4v) is 3.31. The lowest BCUT2D eigenvalue weighted by atomic mass is 10.2. The minimum absolute atomic E-state index is 0.0456. The van der Waals surface area contributed by atoms with Crippen molar-refractivity contribution in [3.8, 4) is 11.8 Å². The molecule has 2 rings (SSSR count). The van der Waals surface area contributed by atoms with Crippen molar-refractivity contribution >= 4 is 17.7 Å². The van der Waals surface area contributed by atoms with Crippen molar-refractivity contribution in [2.24, 2.45) is 0 Å². The van der Waals surface area contributed by atoms with Gasteiger partial charge in [-0.25, -0.2) is 0 Å². The number of nitrogens with one attached hydrogen (secondary N) is 1.